The fraction of sp³-hybridized carbons (Fsp3) is 0.182. The summed E-state index contributed by atoms with van der Waals surface area (Å²) in [5, 5.41) is 8.75. The van der Waals surface area contributed by atoms with Gasteiger partial charge in [0.25, 0.3) is 5.91 Å². The van der Waals surface area contributed by atoms with Crippen molar-refractivity contribution in [2.75, 3.05) is 14.2 Å². The lowest BCUT2D eigenvalue weighted by molar-refractivity contribution is -0.0761. The Balaban J connectivity index is 2.54. The molecule has 7 heteroatoms. The summed E-state index contributed by atoms with van der Waals surface area (Å²) in [6.07, 6.45) is 0. The molecule has 0 bridgehead atoms. The van der Waals surface area contributed by atoms with Crippen LogP contribution >= 0.6 is 0 Å². The monoisotopic (exact) mass is 245 g/mol. The second kappa shape index (κ2) is 4.69. The van der Waals surface area contributed by atoms with Gasteiger partial charge in [0.15, 0.2) is 11.5 Å². The Bertz CT molecular complexity index is 621. The number of carbonyl (C=O) groups excluding carboxylic acids is 1. The summed E-state index contributed by atoms with van der Waals surface area (Å²) < 4.78 is 13.5. The molecule has 0 unspecified atom stereocenters. The Labute approximate surface area is 104 Å². The zero-order valence-corrected chi connectivity index (χ0v) is 9.85. The van der Waals surface area contributed by atoms with Gasteiger partial charge in [-0.1, -0.05) is 11.5 Å². The van der Waals surface area contributed by atoms with Crippen LogP contribution in [0, 0.1) is 5.82 Å². The van der Waals surface area contributed by atoms with Crippen molar-refractivity contribution in [1.82, 2.24) is 15.3 Å². The molecule has 0 atom stereocenters. The molecule has 1 aromatic heterocycles. The number of nitrogens with zero attached hydrogens (tertiary/aromatic N) is 3. The molecule has 0 saturated heterocycles. The lowest BCUT2D eigenvalue weighted by Crippen LogP contribution is -2.26. The fourth-order valence-electron chi connectivity index (χ4n) is 1.49. The average molecular weight is 245 g/mol. The van der Waals surface area contributed by atoms with Crippen molar-refractivity contribution in [3.8, 4) is 0 Å². The third kappa shape index (κ3) is 2.17. The molecule has 5 nitrogen and oxygen atoms in total. The Morgan fingerprint density at radius 3 is 2.78 bits per heavy atom. The highest BCUT2D eigenvalue weighted by Crippen LogP contribution is 2.14. The highest BCUT2D eigenvalue weighted by Gasteiger charge is 2.15. The Kier molecular flexibility index (Phi) is 3.25. The van der Waals surface area contributed by atoms with E-state index in [-0.39, 0.29) is 16.7 Å². The van der Waals surface area contributed by atoms with Crippen LogP contribution in [0.15, 0.2) is 18.2 Å². The number of hydrogen-bond acceptors (Lipinski definition) is 4. The number of aromatic nitrogens is 2. The summed E-state index contributed by atoms with van der Waals surface area (Å²) in [4.78, 5) is 16.5. The molecule has 0 aliphatic carbocycles. The normalized spacial score (nSPS) is 10.6. The molecule has 1 amide bonds. The van der Waals surface area contributed by atoms with Gasteiger partial charge in [-0.25, -0.2) is 9.45 Å². The molecule has 90 valence electrons. The molecule has 0 spiro atoms. The summed E-state index contributed by atoms with van der Waals surface area (Å²) in [5.41, 5.74) is 0.379. The predicted octanol–water partition coefficient (Wildman–Crippen LogP) is 0.196. The first-order valence-electron chi connectivity index (χ1n) is 5.07. The van der Waals surface area contributed by atoms with Crippen molar-refractivity contribution < 1.29 is 14.0 Å². The lowest BCUT2D eigenvalue weighted by Gasteiger charge is -2.12. The van der Waals surface area contributed by atoms with Crippen molar-refractivity contribution in [2.45, 2.75) is 0 Å². The lowest BCUT2D eigenvalue weighted by atomic mass is 9.94. The molecular formula is C11H9BFN3O2. The maximum absolute atomic E-state index is 13.5. The van der Waals surface area contributed by atoms with Gasteiger partial charge in [0.1, 0.15) is 13.4 Å². The third-order valence-corrected chi connectivity index (χ3v) is 2.44. The second-order valence-electron chi connectivity index (χ2n) is 3.66. The van der Waals surface area contributed by atoms with Gasteiger partial charge in [-0.2, -0.15) is 0 Å². The largest absolute Gasteiger partial charge is 0.297 e. The molecular weight excluding hydrogens is 236 g/mol. The number of carbonyl (C=O) groups is 1. The highest BCUT2D eigenvalue weighted by atomic mass is 19.1. The van der Waals surface area contributed by atoms with E-state index in [4.69, 9.17) is 12.7 Å². The van der Waals surface area contributed by atoms with E-state index < -0.39 is 11.7 Å². The predicted molar refractivity (Wildman–Crippen MR) is 64.0 cm³/mol. The molecule has 2 radical (unpaired) electrons. The van der Waals surface area contributed by atoms with Crippen molar-refractivity contribution >= 4 is 30.1 Å². The van der Waals surface area contributed by atoms with Crippen molar-refractivity contribution in [2.24, 2.45) is 0 Å². The minimum atomic E-state index is -0.573. The van der Waals surface area contributed by atoms with E-state index in [1.54, 1.807) is 0 Å². The molecule has 18 heavy (non-hydrogen) atoms. The van der Waals surface area contributed by atoms with E-state index in [2.05, 4.69) is 10.2 Å². The standard InChI is InChI=1S/C11H9BFN3O2/c1-16(18-2)11(17)9-4-6-3-7(12)5-8(13)10(6)15-14-9/h3-5H,1-2H3. The smallest absolute Gasteiger partial charge is 0.274 e. The van der Waals surface area contributed by atoms with Gasteiger partial charge in [0, 0.05) is 12.4 Å². The van der Waals surface area contributed by atoms with Gasteiger partial charge in [-0.3, -0.25) is 9.63 Å². The van der Waals surface area contributed by atoms with Gasteiger partial charge >= 0.3 is 0 Å². The van der Waals surface area contributed by atoms with Gasteiger partial charge in [0.05, 0.1) is 7.11 Å². The van der Waals surface area contributed by atoms with Gasteiger partial charge < -0.3 is 0 Å². The molecule has 1 heterocycles. The Morgan fingerprint density at radius 2 is 2.11 bits per heavy atom. The number of hydroxylamine groups is 2. The second-order valence-corrected chi connectivity index (χ2v) is 3.66. The first-order chi connectivity index (χ1) is 8.52. The fourth-order valence-corrected chi connectivity index (χ4v) is 1.49. The van der Waals surface area contributed by atoms with Gasteiger partial charge in [0.2, 0.25) is 0 Å². The van der Waals surface area contributed by atoms with Gasteiger partial charge in [-0.05, 0) is 12.1 Å². The van der Waals surface area contributed by atoms with Crippen molar-refractivity contribution in [3.63, 3.8) is 0 Å². The maximum atomic E-state index is 13.5. The molecule has 0 aliphatic rings. The van der Waals surface area contributed by atoms with Crippen LogP contribution in [0.2, 0.25) is 0 Å². The van der Waals surface area contributed by atoms with Crippen LogP contribution in [0.25, 0.3) is 10.9 Å². The van der Waals surface area contributed by atoms with E-state index in [1.165, 1.54) is 26.3 Å². The van der Waals surface area contributed by atoms with Crippen LogP contribution in [-0.4, -0.2) is 43.2 Å². The quantitative estimate of drug-likeness (QED) is 0.560. The maximum Gasteiger partial charge on any atom is 0.297 e. The van der Waals surface area contributed by atoms with Crippen LogP contribution in [0.1, 0.15) is 10.5 Å². The minimum absolute atomic E-state index is 0.0526. The summed E-state index contributed by atoms with van der Waals surface area (Å²) in [6, 6.07) is 4.09. The molecule has 0 saturated carbocycles. The Morgan fingerprint density at radius 1 is 1.39 bits per heavy atom. The highest BCUT2D eigenvalue weighted by molar-refractivity contribution is 6.33. The Hall–Kier alpha value is -2.02. The number of rotatable bonds is 2. The first-order valence-corrected chi connectivity index (χ1v) is 5.07. The zero-order valence-electron chi connectivity index (χ0n) is 9.85. The first kappa shape index (κ1) is 12.4. The molecule has 0 fully saturated rings. The molecule has 2 aromatic rings. The number of fused-ring (bicyclic) bond motifs is 1. The van der Waals surface area contributed by atoms with E-state index in [9.17, 15) is 9.18 Å². The molecule has 0 aliphatic heterocycles. The van der Waals surface area contributed by atoms with Crippen LogP contribution < -0.4 is 5.46 Å². The molecule has 1 aromatic carbocycles. The van der Waals surface area contributed by atoms with Crippen LogP contribution in [-0.2, 0) is 4.84 Å². The summed E-state index contributed by atoms with van der Waals surface area (Å²) in [5.74, 6) is -1.05. The van der Waals surface area contributed by atoms with E-state index in [0.29, 0.717) is 5.39 Å². The van der Waals surface area contributed by atoms with Crippen LogP contribution in [0.4, 0.5) is 4.39 Å². The molecule has 0 N–H and O–H groups in total. The van der Waals surface area contributed by atoms with E-state index in [0.717, 1.165) is 11.1 Å². The zero-order chi connectivity index (χ0) is 13.3. The molecule has 2 rings (SSSR count). The van der Waals surface area contributed by atoms with Gasteiger partial charge in [-0.15, -0.1) is 10.2 Å². The minimum Gasteiger partial charge on any atom is -0.274 e. The third-order valence-electron chi connectivity index (χ3n) is 2.44. The average Bonchev–Trinajstić information content (AvgIpc) is 2.36. The number of benzene rings is 1. The van der Waals surface area contributed by atoms with Crippen molar-refractivity contribution in [1.29, 1.82) is 0 Å². The van der Waals surface area contributed by atoms with Crippen molar-refractivity contribution in [3.05, 3.63) is 29.7 Å². The van der Waals surface area contributed by atoms with Crippen LogP contribution in [0.3, 0.4) is 0 Å². The summed E-state index contributed by atoms with van der Waals surface area (Å²) >= 11 is 0. The van der Waals surface area contributed by atoms with E-state index >= 15 is 0 Å². The number of hydrogen-bond donors (Lipinski definition) is 0. The number of halogens is 1. The topological polar surface area (TPSA) is 55.3 Å². The number of amides is 1. The van der Waals surface area contributed by atoms with Crippen LogP contribution in [0.5, 0.6) is 0 Å². The SMILES string of the molecule is [B]c1cc(F)c2nnc(C(=O)N(C)OC)cc2c1. The summed E-state index contributed by atoms with van der Waals surface area (Å²) in [7, 11) is 8.32. The van der Waals surface area contributed by atoms with E-state index in [1.807, 2.05) is 0 Å². The summed E-state index contributed by atoms with van der Waals surface area (Å²) in [6.45, 7) is 0.